The Morgan fingerprint density at radius 3 is 2.58 bits per heavy atom. The smallest absolute Gasteiger partial charge is 0.412 e. The van der Waals surface area contributed by atoms with Gasteiger partial charge < -0.3 is 4.74 Å². The van der Waals surface area contributed by atoms with E-state index in [0.717, 1.165) is 21.8 Å². The maximum atomic E-state index is 11.8. The molecule has 0 saturated heterocycles. The molecule has 1 aromatic heterocycles. The van der Waals surface area contributed by atoms with Gasteiger partial charge in [0.2, 0.25) is 0 Å². The predicted molar refractivity (Wildman–Crippen MR) is 76.5 cm³/mol. The van der Waals surface area contributed by atoms with E-state index < -0.39 is 6.09 Å². The standard InChI is InChI=1S/C14H16N2O2S/c1-9-13(11(3)19-16-9)15-14(17)18-10(2)12-7-5-4-6-8-12/h4-8,10H,1-3H3,(H,15,17). The molecule has 0 spiro atoms. The molecule has 0 aliphatic heterocycles. The fraction of sp³-hybridized carbons (Fsp3) is 0.286. The first-order valence-electron chi connectivity index (χ1n) is 6.03. The molecule has 0 aliphatic rings. The highest BCUT2D eigenvalue weighted by atomic mass is 32.1. The van der Waals surface area contributed by atoms with E-state index in [2.05, 4.69) is 9.69 Å². The van der Waals surface area contributed by atoms with Crippen molar-refractivity contribution in [2.24, 2.45) is 0 Å². The summed E-state index contributed by atoms with van der Waals surface area (Å²) in [5, 5.41) is 2.75. The van der Waals surface area contributed by atoms with E-state index in [9.17, 15) is 4.79 Å². The molecule has 1 atom stereocenters. The number of anilines is 1. The third-order valence-electron chi connectivity index (χ3n) is 2.81. The fourth-order valence-electron chi connectivity index (χ4n) is 1.75. The largest absolute Gasteiger partial charge is 0.441 e. The first-order chi connectivity index (χ1) is 9.08. The molecule has 0 radical (unpaired) electrons. The Hall–Kier alpha value is -1.88. The van der Waals surface area contributed by atoms with Crippen LogP contribution in [0.1, 0.15) is 29.2 Å². The lowest BCUT2D eigenvalue weighted by Gasteiger charge is -2.14. The molecule has 2 rings (SSSR count). The van der Waals surface area contributed by atoms with Crippen molar-refractivity contribution in [1.82, 2.24) is 4.37 Å². The van der Waals surface area contributed by atoms with Gasteiger partial charge in [-0.1, -0.05) is 30.3 Å². The number of hydrogen-bond donors (Lipinski definition) is 1. The molecule has 1 N–H and O–H groups in total. The van der Waals surface area contributed by atoms with Crippen LogP contribution in [-0.4, -0.2) is 10.5 Å². The van der Waals surface area contributed by atoms with Crippen LogP contribution in [-0.2, 0) is 4.74 Å². The average molecular weight is 276 g/mol. The fourth-order valence-corrected chi connectivity index (χ4v) is 2.40. The number of hydrogen-bond acceptors (Lipinski definition) is 4. The van der Waals surface area contributed by atoms with Crippen LogP contribution in [0, 0.1) is 13.8 Å². The van der Waals surface area contributed by atoms with E-state index in [4.69, 9.17) is 4.74 Å². The van der Waals surface area contributed by atoms with Crippen molar-refractivity contribution in [2.75, 3.05) is 5.32 Å². The topological polar surface area (TPSA) is 51.2 Å². The zero-order valence-corrected chi connectivity index (χ0v) is 12.0. The van der Waals surface area contributed by atoms with E-state index in [1.54, 1.807) is 0 Å². The van der Waals surface area contributed by atoms with Crippen molar-refractivity contribution < 1.29 is 9.53 Å². The minimum absolute atomic E-state index is 0.284. The Morgan fingerprint density at radius 1 is 1.32 bits per heavy atom. The van der Waals surface area contributed by atoms with Gasteiger partial charge in [-0.15, -0.1) is 0 Å². The minimum Gasteiger partial charge on any atom is -0.441 e. The van der Waals surface area contributed by atoms with Crippen LogP contribution in [0.5, 0.6) is 0 Å². The lowest BCUT2D eigenvalue weighted by atomic mass is 10.1. The van der Waals surface area contributed by atoms with E-state index in [-0.39, 0.29) is 6.10 Å². The highest BCUT2D eigenvalue weighted by Gasteiger charge is 2.14. The van der Waals surface area contributed by atoms with Crippen molar-refractivity contribution in [2.45, 2.75) is 26.9 Å². The number of ether oxygens (including phenoxy) is 1. The maximum Gasteiger partial charge on any atom is 0.412 e. The van der Waals surface area contributed by atoms with Gasteiger partial charge in [-0.2, -0.15) is 4.37 Å². The Balaban J connectivity index is 1.99. The second-order valence-corrected chi connectivity index (χ2v) is 5.26. The van der Waals surface area contributed by atoms with E-state index in [1.807, 2.05) is 51.1 Å². The molecule has 0 bridgehead atoms. The average Bonchev–Trinajstić information content (AvgIpc) is 2.71. The Morgan fingerprint density at radius 2 is 2.00 bits per heavy atom. The van der Waals surface area contributed by atoms with Crippen molar-refractivity contribution in [1.29, 1.82) is 0 Å². The summed E-state index contributed by atoms with van der Waals surface area (Å²) in [5.74, 6) is 0. The number of rotatable bonds is 3. The summed E-state index contributed by atoms with van der Waals surface area (Å²) in [6, 6.07) is 9.63. The first kappa shape index (κ1) is 13.5. The molecule has 19 heavy (non-hydrogen) atoms. The van der Waals surface area contributed by atoms with Gasteiger partial charge in [0.15, 0.2) is 0 Å². The van der Waals surface area contributed by atoms with Gasteiger partial charge in [0.25, 0.3) is 0 Å². The molecule has 1 unspecified atom stereocenters. The van der Waals surface area contributed by atoms with Crippen molar-refractivity contribution in [3.63, 3.8) is 0 Å². The third-order valence-corrected chi connectivity index (χ3v) is 3.66. The van der Waals surface area contributed by atoms with Gasteiger partial charge in [0.05, 0.1) is 11.4 Å². The highest BCUT2D eigenvalue weighted by molar-refractivity contribution is 7.06. The SMILES string of the molecule is Cc1nsc(C)c1NC(=O)OC(C)c1ccccc1. The second kappa shape index (κ2) is 5.84. The number of benzene rings is 1. The van der Waals surface area contributed by atoms with Gasteiger partial charge in [0.1, 0.15) is 6.10 Å². The van der Waals surface area contributed by atoms with Crippen LogP contribution in [0.3, 0.4) is 0 Å². The zero-order chi connectivity index (χ0) is 13.8. The van der Waals surface area contributed by atoms with E-state index in [0.29, 0.717) is 0 Å². The summed E-state index contributed by atoms with van der Waals surface area (Å²) in [6.45, 7) is 5.63. The Kier molecular flexibility index (Phi) is 4.16. The molecule has 0 aliphatic carbocycles. The van der Waals surface area contributed by atoms with Crippen molar-refractivity contribution in [3.8, 4) is 0 Å². The molecule has 5 heteroatoms. The van der Waals surface area contributed by atoms with Gasteiger partial charge in [0, 0.05) is 4.88 Å². The van der Waals surface area contributed by atoms with Gasteiger partial charge in [-0.05, 0) is 37.9 Å². The molecule has 0 fully saturated rings. The normalized spacial score (nSPS) is 11.9. The van der Waals surface area contributed by atoms with Crippen LogP contribution in [0.4, 0.5) is 10.5 Å². The molecule has 1 amide bonds. The molecular formula is C14H16N2O2S. The number of aryl methyl sites for hydroxylation is 2. The van der Waals surface area contributed by atoms with Gasteiger partial charge >= 0.3 is 6.09 Å². The first-order valence-corrected chi connectivity index (χ1v) is 6.80. The summed E-state index contributed by atoms with van der Waals surface area (Å²) >= 11 is 1.37. The lowest BCUT2D eigenvalue weighted by Crippen LogP contribution is -2.16. The lowest BCUT2D eigenvalue weighted by molar-refractivity contribution is 0.121. The monoisotopic (exact) mass is 276 g/mol. The predicted octanol–water partition coefficient (Wildman–Crippen LogP) is 4.07. The summed E-state index contributed by atoms with van der Waals surface area (Å²) in [4.78, 5) is 12.8. The van der Waals surface area contributed by atoms with E-state index in [1.165, 1.54) is 11.5 Å². The summed E-state index contributed by atoms with van der Waals surface area (Å²) in [7, 11) is 0. The number of carbonyl (C=O) groups excluding carboxylic acids is 1. The minimum atomic E-state index is -0.456. The van der Waals surface area contributed by atoms with Gasteiger partial charge in [-0.3, -0.25) is 5.32 Å². The number of nitrogens with one attached hydrogen (secondary N) is 1. The van der Waals surface area contributed by atoms with Crippen LogP contribution in [0.2, 0.25) is 0 Å². The molecule has 2 aromatic rings. The Bertz CT molecular complexity index is 547. The quantitative estimate of drug-likeness (QED) is 0.919. The van der Waals surface area contributed by atoms with Crippen LogP contribution in [0.15, 0.2) is 30.3 Å². The molecule has 100 valence electrons. The number of nitrogens with zero attached hydrogens (tertiary/aromatic N) is 1. The van der Waals surface area contributed by atoms with E-state index >= 15 is 0 Å². The van der Waals surface area contributed by atoms with Crippen molar-refractivity contribution in [3.05, 3.63) is 46.5 Å². The third kappa shape index (κ3) is 3.32. The number of carbonyl (C=O) groups is 1. The second-order valence-electron chi connectivity index (χ2n) is 4.28. The summed E-state index contributed by atoms with van der Waals surface area (Å²) in [5.41, 5.74) is 2.52. The molecule has 4 nitrogen and oxygen atoms in total. The molecule has 1 heterocycles. The highest BCUT2D eigenvalue weighted by Crippen LogP contribution is 2.24. The molecular weight excluding hydrogens is 260 g/mol. The number of aromatic nitrogens is 1. The van der Waals surface area contributed by atoms with Crippen LogP contribution in [0.25, 0.3) is 0 Å². The summed E-state index contributed by atoms with van der Waals surface area (Å²) in [6.07, 6.45) is -0.740. The molecule has 0 saturated carbocycles. The van der Waals surface area contributed by atoms with Crippen molar-refractivity contribution >= 4 is 23.3 Å². The summed E-state index contributed by atoms with van der Waals surface area (Å²) < 4.78 is 9.52. The maximum absolute atomic E-state index is 11.8. The zero-order valence-electron chi connectivity index (χ0n) is 11.1. The number of amides is 1. The van der Waals surface area contributed by atoms with Crippen LogP contribution < -0.4 is 5.32 Å². The van der Waals surface area contributed by atoms with Gasteiger partial charge in [-0.25, -0.2) is 4.79 Å². The molecule has 1 aromatic carbocycles. The van der Waals surface area contributed by atoms with Crippen LogP contribution >= 0.6 is 11.5 Å². The Labute approximate surface area is 116 Å².